The van der Waals surface area contributed by atoms with Crippen molar-refractivity contribution in [2.24, 2.45) is 0 Å². The molecule has 0 radical (unpaired) electrons. The molecule has 1 heterocycles. The third-order valence-corrected chi connectivity index (χ3v) is 3.94. The van der Waals surface area contributed by atoms with Gasteiger partial charge in [0, 0.05) is 17.4 Å². The van der Waals surface area contributed by atoms with Crippen molar-refractivity contribution in [1.29, 1.82) is 0 Å². The molecule has 0 amide bonds. The lowest BCUT2D eigenvalue weighted by Crippen LogP contribution is -2.37. The Balaban J connectivity index is 3.02. The fourth-order valence-corrected chi connectivity index (χ4v) is 1.78. The summed E-state index contributed by atoms with van der Waals surface area (Å²) in [4.78, 5) is 25.7. The summed E-state index contributed by atoms with van der Waals surface area (Å²) in [5, 5.41) is 0.548. The molecule has 4 nitrogen and oxygen atoms in total. The normalized spacial score (nSPS) is 12.8. The van der Waals surface area contributed by atoms with Crippen LogP contribution >= 0.6 is 23.4 Å². The summed E-state index contributed by atoms with van der Waals surface area (Å²) in [6.07, 6.45) is 2.79. The Kier molecular flexibility index (Phi) is 4.68. The number of aromatic amines is 1. The predicted octanol–water partition coefficient (Wildman–Crippen LogP) is 1.64. The number of H-pyrrole nitrogens is 1. The van der Waals surface area contributed by atoms with E-state index in [1.54, 1.807) is 18.7 Å². The van der Waals surface area contributed by atoms with Crippen LogP contribution in [0.25, 0.3) is 0 Å². The molecule has 1 aromatic heterocycles. The molecule has 1 aromatic rings. The van der Waals surface area contributed by atoms with Crippen LogP contribution in [0, 0.1) is 6.92 Å². The second-order valence-electron chi connectivity index (χ2n) is 3.66. The maximum atomic E-state index is 11.8. The lowest BCUT2D eigenvalue weighted by Gasteiger charge is -2.10. The highest BCUT2D eigenvalue weighted by atomic mass is 35.5. The minimum atomic E-state index is -0.436. The summed E-state index contributed by atoms with van der Waals surface area (Å²) in [5.41, 5.74) is -0.353. The minimum absolute atomic E-state index is 0.129. The SMILES string of the molecule is CSC(C)CCn1c(=O)[nH]c(Cl)c(C)c1=O. The van der Waals surface area contributed by atoms with Gasteiger partial charge in [-0.1, -0.05) is 18.5 Å². The van der Waals surface area contributed by atoms with Crippen molar-refractivity contribution in [3.63, 3.8) is 0 Å². The van der Waals surface area contributed by atoms with E-state index in [0.29, 0.717) is 17.4 Å². The van der Waals surface area contributed by atoms with E-state index < -0.39 is 5.69 Å². The number of aromatic nitrogens is 2. The largest absolute Gasteiger partial charge is 0.329 e. The number of halogens is 1. The summed E-state index contributed by atoms with van der Waals surface area (Å²) in [6, 6.07) is 0. The fraction of sp³-hybridized carbons (Fsp3) is 0.600. The second-order valence-corrected chi connectivity index (χ2v) is 5.32. The van der Waals surface area contributed by atoms with E-state index in [4.69, 9.17) is 11.6 Å². The Morgan fingerprint density at radius 1 is 1.50 bits per heavy atom. The Hall–Kier alpha value is -0.680. The van der Waals surface area contributed by atoms with Gasteiger partial charge in [0.25, 0.3) is 5.56 Å². The third-order valence-electron chi connectivity index (χ3n) is 2.52. The van der Waals surface area contributed by atoms with E-state index in [0.717, 1.165) is 6.42 Å². The molecule has 0 bridgehead atoms. The van der Waals surface area contributed by atoms with Gasteiger partial charge < -0.3 is 0 Å². The Labute approximate surface area is 103 Å². The number of hydrogen-bond acceptors (Lipinski definition) is 3. The van der Waals surface area contributed by atoms with Gasteiger partial charge in [0.05, 0.1) is 0 Å². The number of rotatable bonds is 4. The van der Waals surface area contributed by atoms with Crippen molar-refractivity contribution in [1.82, 2.24) is 9.55 Å². The van der Waals surface area contributed by atoms with Crippen LogP contribution in [0.5, 0.6) is 0 Å². The van der Waals surface area contributed by atoms with E-state index in [1.165, 1.54) is 4.57 Å². The zero-order chi connectivity index (χ0) is 12.3. The summed E-state index contributed by atoms with van der Waals surface area (Å²) in [5.74, 6) is 0. The van der Waals surface area contributed by atoms with Crippen LogP contribution in [0.15, 0.2) is 9.59 Å². The highest BCUT2D eigenvalue weighted by molar-refractivity contribution is 7.99. The molecule has 0 aliphatic rings. The van der Waals surface area contributed by atoms with Gasteiger partial charge in [0.15, 0.2) is 0 Å². The van der Waals surface area contributed by atoms with Crippen LogP contribution in [0.2, 0.25) is 5.15 Å². The van der Waals surface area contributed by atoms with E-state index in [9.17, 15) is 9.59 Å². The maximum Gasteiger partial charge on any atom is 0.329 e. The predicted molar refractivity (Wildman–Crippen MR) is 68.7 cm³/mol. The molecule has 90 valence electrons. The number of thioether (sulfide) groups is 1. The number of nitrogens with zero attached hydrogens (tertiary/aromatic N) is 1. The van der Waals surface area contributed by atoms with Crippen LogP contribution in [-0.2, 0) is 6.54 Å². The summed E-state index contributed by atoms with van der Waals surface area (Å²) in [6.45, 7) is 4.09. The zero-order valence-corrected chi connectivity index (χ0v) is 11.1. The molecule has 1 rings (SSSR count). The molecule has 6 heteroatoms. The molecule has 0 saturated carbocycles. The molecule has 1 N–H and O–H groups in total. The monoisotopic (exact) mass is 262 g/mol. The quantitative estimate of drug-likeness (QED) is 0.840. The minimum Gasteiger partial charge on any atom is -0.297 e. The van der Waals surface area contributed by atoms with Crippen LogP contribution in [0.4, 0.5) is 0 Å². The highest BCUT2D eigenvalue weighted by Gasteiger charge is 2.09. The average Bonchev–Trinajstić information content (AvgIpc) is 2.25. The van der Waals surface area contributed by atoms with Crippen LogP contribution in [0.3, 0.4) is 0 Å². The molecule has 0 fully saturated rings. The van der Waals surface area contributed by atoms with Gasteiger partial charge in [0.1, 0.15) is 5.15 Å². The molecule has 1 atom stereocenters. The third kappa shape index (κ3) is 2.92. The molecule has 0 aromatic carbocycles. The first-order valence-electron chi connectivity index (χ1n) is 4.99. The first kappa shape index (κ1) is 13.4. The topological polar surface area (TPSA) is 54.9 Å². The summed E-state index contributed by atoms with van der Waals surface area (Å²) in [7, 11) is 0. The molecule has 0 saturated heterocycles. The van der Waals surface area contributed by atoms with E-state index in [1.807, 2.05) is 6.26 Å². The fourth-order valence-electron chi connectivity index (χ4n) is 1.28. The van der Waals surface area contributed by atoms with Crippen molar-refractivity contribution in [2.75, 3.05) is 6.26 Å². The van der Waals surface area contributed by atoms with Gasteiger partial charge in [-0.15, -0.1) is 0 Å². The summed E-state index contributed by atoms with van der Waals surface area (Å²) < 4.78 is 1.20. The second kappa shape index (κ2) is 5.59. The number of hydrogen-bond donors (Lipinski definition) is 1. The van der Waals surface area contributed by atoms with Crippen LogP contribution in [0.1, 0.15) is 18.9 Å². The summed E-state index contributed by atoms with van der Waals surface area (Å²) >= 11 is 7.42. The van der Waals surface area contributed by atoms with E-state index in [2.05, 4.69) is 11.9 Å². The van der Waals surface area contributed by atoms with Gasteiger partial charge in [-0.3, -0.25) is 14.3 Å². The molecule has 1 unspecified atom stereocenters. The van der Waals surface area contributed by atoms with Crippen molar-refractivity contribution >= 4 is 23.4 Å². The van der Waals surface area contributed by atoms with E-state index in [-0.39, 0.29) is 10.7 Å². The molecular weight excluding hydrogens is 248 g/mol. The lowest BCUT2D eigenvalue weighted by molar-refractivity contribution is 0.586. The Morgan fingerprint density at radius 2 is 2.12 bits per heavy atom. The van der Waals surface area contributed by atoms with Crippen molar-refractivity contribution in [3.8, 4) is 0 Å². The standard InChI is InChI=1S/C10H15ClN2O2S/c1-6(16-3)4-5-13-9(14)7(2)8(11)12-10(13)15/h6H,4-5H2,1-3H3,(H,12,15). The lowest BCUT2D eigenvalue weighted by atomic mass is 10.3. The van der Waals surface area contributed by atoms with Crippen molar-refractivity contribution in [3.05, 3.63) is 31.6 Å². The van der Waals surface area contributed by atoms with Gasteiger partial charge in [-0.2, -0.15) is 11.8 Å². The molecule has 0 spiro atoms. The van der Waals surface area contributed by atoms with Gasteiger partial charge in [-0.05, 0) is 19.6 Å². The number of nitrogens with one attached hydrogen (secondary N) is 1. The zero-order valence-electron chi connectivity index (χ0n) is 9.54. The molecule has 0 aliphatic carbocycles. The Bertz CT molecular complexity index is 481. The van der Waals surface area contributed by atoms with Crippen molar-refractivity contribution < 1.29 is 0 Å². The van der Waals surface area contributed by atoms with Crippen molar-refractivity contribution in [2.45, 2.75) is 32.1 Å². The van der Waals surface area contributed by atoms with Crippen LogP contribution < -0.4 is 11.2 Å². The van der Waals surface area contributed by atoms with Gasteiger partial charge >= 0.3 is 5.69 Å². The van der Waals surface area contributed by atoms with Gasteiger partial charge in [0.2, 0.25) is 0 Å². The first-order valence-corrected chi connectivity index (χ1v) is 6.66. The van der Waals surface area contributed by atoms with Gasteiger partial charge in [-0.25, -0.2) is 4.79 Å². The maximum absolute atomic E-state index is 11.8. The Morgan fingerprint density at radius 3 is 2.69 bits per heavy atom. The van der Waals surface area contributed by atoms with Crippen LogP contribution in [-0.4, -0.2) is 21.1 Å². The first-order chi connectivity index (χ1) is 7.47. The highest BCUT2D eigenvalue weighted by Crippen LogP contribution is 2.10. The molecular formula is C10H15ClN2O2S. The molecule has 16 heavy (non-hydrogen) atoms. The average molecular weight is 263 g/mol. The molecule has 0 aliphatic heterocycles. The van der Waals surface area contributed by atoms with E-state index >= 15 is 0 Å². The smallest absolute Gasteiger partial charge is 0.297 e.